The fraction of sp³-hybridized carbons (Fsp3) is 0.154. The minimum atomic E-state index is -0.904. The number of ether oxygens (including phenoxy) is 3. The fourth-order valence-corrected chi connectivity index (χ4v) is 4.92. The Morgan fingerprint density at radius 2 is 1.63 bits per heavy atom. The van der Waals surface area contributed by atoms with E-state index in [0.717, 1.165) is 0 Å². The van der Waals surface area contributed by atoms with Crippen LogP contribution in [0.4, 0.5) is 5.69 Å². The van der Waals surface area contributed by atoms with E-state index < -0.39 is 23.5 Å². The third kappa shape index (κ3) is 3.96. The van der Waals surface area contributed by atoms with Gasteiger partial charge in [-0.1, -0.05) is 53.5 Å². The summed E-state index contributed by atoms with van der Waals surface area (Å²) in [6.07, 6.45) is 0. The minimum absolute atomic E-state index is 0.0895. The van der Waals surface area contributed by atoms with Crippen LogP contribution in [0, 0.1) is 0 Å². The molecule has 35 heavy (non-hydrogen) atoms. The van der Waals surface area contributed by atoms with Crippen LogP contribution in [0.3, 0.4) is 0 Å². The Morgan fingerprint density at radius 3 is 2.29 bits per heavy atom. The van der Waals surface area contributed by atoms with E-state index in [1.807, 2.05) is 6.07 Å². The Morgan fingerprint density at radius 1 is 0.971 bits per heavy atom. The monoisotopic (exact) mass is 511 g/mol. The maximum Gasteiger partial charge on any atom is 0.300 e. The zero-order chi connectivity index (χ0) is 24.7. The van der Waals surface area contributed by atoms with Gasteiger partial charge in [0.15, 0.2) is 17.2 Å². The van der Waals surface area contributed by atoms with Gasteiger partial charge in [0.1, 0.15) is 19.0 Å². The molecule has 178 valence electrons. The molecule has 0 radical (unpaired) electrons. The molecule has 1 unspecified atom stereocenters. The normalized spacial score (nSPS) is 18.6. The van der Waals surface area contributed by atoms with Crippen LogP contribution in [0.2, 0.25) is 10.0 Å². The first-order valence-corrected chi connectivity index (χ1v) is 11.4. The molecule has 0 spiro atoms. The number of aliphatic hydroxyl groups excluding tert-OH is 1. The number of methoxy groups -OCH3 is 1. The van der Waals surface area contributed by atoms with Crippen molar-refractivity contribution in [2.75, 3.05) is 25.2 Å². The molecule has 2 heterocycles. The van der Waals surface area contributed by atoms with Gasteiger partial charge in [-0.2, -0.15) is 0 Å². The average molecular weight is 512 g/mol. The molecule has 1 saturated heterocycles. The van der Waals surface area contributed by atoms with Gasteiger partial charge in [0.05, 0.1) is 28.8 Å². The summed E-state index contributed by atoms with van der Waals surface area (Å²) >= 11 is 12.5. The molecule has 5 rings (SSSR count). The number of fused-ring (bicyclic) bond motifs is 1. The molecule has 7 nitrogen and oxygen atoms in total. The average Bonchev–Trinajstić information content (AvgIpc) is 3.14. The van der Waals surface area contributed by atoms with Crippen LogP contribution < -0.4 is 19.1 Å². The van der Waals surface area contributed by atoms with Crippen LogP contribution in [0.5, 0.6) is 17.2 Å². The molecule has 1 atom stereocenters. The number of ketones is 1. The Balaban J connectivity index is 1.69. The van der Waals surface area contributed by atoms with Crippen LogP contribution in [-0.4, -0.2) is 37.1 Å². The van der Waals surface area contributed by atoms with Gasteiger partial charge in [0, 0.05) is 17.3 Å². The molecule has 1 amide bonds. The molecule has 0 aromatic heterocycles. The first kappa shape index (κ1) is 23.1. The van der Waals surface area contributed by atoms with Gasteiger partial charge in [-0.3, -0.25) is 14.5 Å². The maximum absolute atomic E-state index is 13.3. The number of Topliss-reactive ketones (excluding diaryl/α,β-unsaturated/α-hetero) is 1. The van der Waals surface area contributed by atoms with E-state index in [9.17, 15) is 14.7 Å². The van der Waals surface area contributed by atoms with Crippen molar-refractivity contribution in [3.8, 4) is 17.2 Å². The summed E-state index contributed by atoms with van der Waals surface area (Å²) in [5, 5.41) is 11.6. The fourth-order valence-electron chi connectivity index (χ4n) is 4.28. The summed E-state index contributed by atoms with van der Waals surface area (Å²) in [7, 11) is 1.42. The molecule has 1 N–H and O–H groups in total. The lowest BCUT2D eigenvalue weighted by atomic mass is 9.95. The number of anilines is 1. The van der Waals surface area contributed by atoms with Crippen LogP contribution in [0.1, 0.15) is 17.2 Å². The smallest absolute Gasteiger partial charge is 0.300 e. The number of amides is 1. The first-order valence-electron chi connectivity index (χ1n) is 10.7. The summed E-state index contributed by atoms with van der Waals surface area (Å²) in [6.45, 7) is 0.796. The number of hydrogen-bond acceptors (Lipinski definition) is 6. The van der Waals surface area contributed by atoms with Crippen LogP contribution in [-0.2, 0) is 9.59 Å². The molecule has 3 aromatic carbocycles. The van der Waals surface area contributed by atoms with Gasteiger partial charge < -0.3 is 19.3 Å². The second kappa shape index (κ2) is 9.17. The second-order valence-electron chi connectivity index (χ2n) is 7.88. The van der Waals surface area contributed by atoms with Crippen LogP contribution >= 0.6 is 23.2 Å². The zero-order valence-corrected chi connectivity index (χ0v) is 20.0. The van der Waals surface area contributed by atoms with Gasteiger partial charge in [0.25, 0.3) is 11.7 Å². The van der Waals surface area contributed by atoms with Crippen LogP contribution in [0.15, 0.2) is 66.2 Å². The number of hydrogen-bond donors (Lipinski definition) is 1. The predicted octanol–water partition coefficient (Wildman–Crippen LogP) is 5.40. The highest BCUT2D eigenvalue weighted by atomic mass is 35.5. The van der Waals surface area contributed by atoms with Gasteiger partial charge in [-0.05, 0) is 29.8 Å². The standard InChI is InChI=1S/C26H19Cl2NO6/c1-33-25-17(27)11-15(12-18(25)28)23(30)21-22(14-5-3-2-4-6-14)29(26(32)24(21)31)16-7-8-19-20(13-16)35-10-9-34-19/h2-8,11-13,22,30H,9-10H2,1H3/b23-21+. The van der Waals surface area contributed by atoms with Gasteiger partial charge in [-0.15, -0.1) is 0 Å². The molecular weight excluding hydrogens is 493 g/mol. The number of rotatable bonds is 4. The summed E-state index contributed by atoms with van der Waals surface area (Å²) in [4.78, 5) is 28.0. The van der Waals surface area contributed by atoms with Crippen molar-refractivity contribution in [3.63, 3.8) is 0 Å². The van der Waals surface area contributed by atoms with Crippen molar-refractivity contribution in [2.45, 2.75) is 6.04 Å². The topological polar surface area (TPSA) is 85.3 Å². The highest BCUT2D eigenvalue weighted by Crippen LogP contribution is 2.45. The van der Waals surface area contributed by atoms with Crippen molar-refractivity contribution in [1.82, 2.24) is 0 Å². The van der Waals surface area contributed by atoms with E-state index in [1.165, 1.54) is 24.1 Å². The van der Waals surface area contributed by atoms with Crippen molar-refractivity contribution in [2.24, 2.45) is 0 Å². The highest BCUT2D eigenvalue weighted by molar-refractivity contribution is 6.51. The molecule has 2 aliphatic heterocycles. The Labute approximate surface area is 211 Å². The van der Waals surface area contributed by atoms with Crippen LogP contribution in [0.25, 0.3) is 5.76 Å². The molecule has 1 fully saturated rings. The molecule has 2 aliphatic rings. The van der Waals surface area contributed by atoms with Gasteiger partial charge in [0.2, 0.25) is 0 Å². The Hall–Kier alpha value is -3.68. The maximum atomic E-state index is 13.3. The summed E-state index contributed by atoms with van der Waals surface area (Å²) in [5.41, 5.74) is 1.15. The molecule has 9 heteroatoms. The predicted molar refractivity (Wildman–Crippen MR) is 132 cm³/mol. The lowest BCUT2D eigenvalue weighted by Gasteiger charge is -2.27. The van der Waals surface area contributed by atoms with Crippen molar-refractivity contribution >= 4 is 46.3 Å². The molecular formula is C26H19Cl2NO6. The number of halogens is 2. The third-order valence-electron chi connectivity index (χ3n) is 5.84. The Bertz CT molecular complexity index is 1350. The van der Waals surface area contributed by atoms with E-state index >= 15 is 0 Å². The molecule has 3 aromatic rings. The second-order valence-corrected chi connectivity index (χ2v) is 8.70. The summed E-state index contributed by atoms with van der Waals surface area (Å²) in [5.74, 6) is -0.770. The number of aliphatic hydroxyl groups is 1. The quantitative estimate of drug-likeness (QED) is 0.286. The zero-order valence-electron chi connectivity index (χ0n) is 18.5. The Kier molecular flexibility index (Phi) is 6.05. The van der Waals surface area contributed by atoms with E-state index in [0.29, 0.717) is 36.0 Å². The highest BCUT2D eigenvalue weighted by Gasteiger charge is 2.47. The molecule has 0 aliphatic carbocycles. The van der Waals surface area contributed by atoms with Gasteiger partial charge >= 0.3 is 0 Å². The number of carbonyl (C=O) groups is 2. The van der Waals surface area contributed by atoms with E-state index in [2.05, 4.69) is 0 Å². The largest absolute Gasteiger partial charge is 0.507 e. The lowest BCUT2D eigenvalue weighted by Crippen LogP contribution is -2.29. The molecule has 0 bridgehead atoms. The van der Waals surface area contributed by atoms with E-state index in [1.54, 1.807) is 42.5 Å². The van der Waals surface area contributed by atoms with Crippen molar-refractivity contribution < 1.29 is 28.9 Å². The van der Waals surface area contributed by atoms with Crippen molar-refractivity contribution in [1.29, 1.82) is 0 Å². The first-order chi connectivity index (χ1) is 16.9. The number of carbonyl (C=O) groups excluding carboxylic acids is 2. The minimum Gasteiger partial charge on any atom is -0.507 e. The third-order valence-corrected chi connectivity index (χ3v) is 6.40. The van der Waals surface area contributed by atoms with Crippen molar-refractivity contribution in [3.05, 3.63) is 87.4 Å². The number of benzene rings is 3. The lowest BCUT2D eigenvalue weighted by molar-refractivity contribution is -0.132. The molecule has 0 saturated carbocycles. The number of nitrogens with zero attached hydrogens (tertiary/aromatic N) is 1. The van der Waals surface area contributed by atoms with E-state index in [-0.39, 0.29) is 26.9 Å². The van der Waals surface area contributed by atoms with E-state index in [4.69, 9.17) is 37.4 Å². The van der Waals surface area contributed by atoms with Gasteiger partial charge in [-0.25, -0.2) is 0 Å². The SMILES string of the molecule is COc1c(Cl)cc(/C(O)=C2\C(=O)C(=O)N(c3ccc4c(c3)OCCO4)C2c2ccccc2)cc1Cl. The summed E-state index contributed by atoms with van der Waals surface area (Å²) in [6, 6.07) is 15.9. The summed E-state index contributed by atoms with van der Waals surface area (Å²) < 4.78 is 16.4.